The first-order valence-corrected chi connectivity index (χ1v) is 6.47. The Morgan fingerprint density at radius 1 is 1.37 bits per heavy atom. The lowest BCUT2D eigenvalue weighted by molar-refractivity contribution is -0.134. The highest BCUT2D eigenvalue weighted by atomic mass is 19.4. The van der Waals surface area contributed by atoms with Gasteiger partial charge in [-0.2, -0.15) is 18.2 Å². The minimum absolute atomic E-state index is 0.0794. The molecule has 0 bridgehead atoms. The molecule has 1 aromatic rings. The number of hydrogen-bond acceptors (Lipinski definition) is 4. The van der Waals surface area contributed by atoms with Gasteiger partial charge < -0.3 is 10.3 Å². The summed E-state index contributed by atoms with van der Waals surface area (Å²) >= 11 is 0. The molecule has 2 rings (SSSR count). The molecule has 4 nitrogen and oxygen atoms in total. The smallest absolute Gasteiger partial charge is 0.337 e. The second-order valence-corrected chi connectivity index (χ2v) is 5.47. The standard InChI is InChI=1S/C12H18F3N3O/c1-8-2-5-11(16,6-3-8)10-17-9(18-19-10)4-7-12(13,14)15/h8H,2-7,16H2,1H3. The molecular weight excluding hydrogens is 259 g/mol. The van der Waals surface area contributed by atoms with Crippen molar-refractivity contribution in [1.29, 1.82) is 0 Å². The summed E-state index contributed by atoms with van der Waals surface area (Å²) in [6.45, 7) is 2.15. The van der Waals surface area contributed by atoms with E-state index < -0.39 is 18.1 Å². The van der Waals surface area contributed by atoms with E-state index in [2.05, 4.69) is 17.1 Å². The molecule has 1 heterocycles. The molecule has 0 aromatic carbocycles. The summed E-state index contributed by atoms with van der Waals surface area (Å²) in [6.07, 6.45) is -2.01. The van der Waals surface area contributed by atoms with Crippen LogP contribution < -0.4 is 5.73 Å². The number of nitrogens with zero attached hydrogens (tertiary/aromatic N) is 2. The average Bonchev–Trinajstić information content (AvgIpc) is 2.79. The van der Waals surface area contributed by atoms with Gasteiger partial charge >= 0.3 is 6.18 Å². The van der Waals surface area contributed by atoms with Gasteiger partial charge in [-0.15, -0.1) is 0 Å². The van der Waals surface area contributed by atoms with E-state index in [0.717, 1.165) is 25.7 Å². The van der Waals surface area contributed by atoms with Gasteiger partial charge in [-0.05, 0) is 31.6 Å². The fraction of sp³-hybridized carbons (Fsp3) is 0.833. The van der Waals surface area contributed by atoms with Crippen molar-refractivity contribution in [3.8, 4) is 0 Å². The van der Waals surface area contributed by atoms with Crippen molar-refractivity contribution in [3.05, 3.63) is 11.7 Å². The number of alkyl halides is 3. The molecule has 0 saturated heterocycles. The molecule has 0 unspecified atom stereocenters. The van der Waals surface area contributed by atoms with Gasteiger partial charge in [0.15, 0.2) is 5.82 Å². The van der Waals surface area contributed by atoms with Gasteiger partial charge in [0.2, 0.25) is 5.89 Å². The molecule has 0 radical (unpaired) electrons. The maximum Gasteiger partial charge on any atom is 0.389 e. The third kappa shape index (κ3) is 3.68. The van der Waals surface area contributed by atoms with Gasteiger partial charge in [0.05, 0.1) is 12.0 Å². The number of aromatic nitrogens is 2. The first kappa shape index (κ1) is 14.3. The van der Waals surface area contributed by atoms with Crippen LogP contribution in [0.25, 0.3) is 0 Å². The van der Waals surface area contributed by atoms with Crippen LogP contribution in [-0.2, 0) is 12.0 Å². The third-order valence-corrected chi connectivity index (χ3v) is 3.69. The molecule has 0 amide bonds. The van der Waals surface area contributed by atoms with Crippen molar-refractivity contribution in [3.63, 3.8) is 0 Å². The van der Waals surface area contributed by atoms with E-state index in [-0.39, 0.29) is 18.1 Å². The highest BCUT2D eigenvalue weighted by molar-refractivity contribution is 5.04. The molecule has 108 valence electrons. The van der Waals surface area contributed by atoms with Crippen LogP contribution in [0.3, 0.4) is 0 Å². The lowest BCUT2D eigenvalue weighted by Gasteiger charge is -2.32. The van der Waals surface area contributed by atoms with Crippen molar-refractivity contribution in [2.45, 2.75) is 57.2 Å². The fourth-order valence-electron chi connectivity index (χ4n) is 2.30. The van der Waals surface area contributed by atoms with Gasteiger partial charge in [-0.25, -0.2) is 0 Å². The van der Waals surface area contributed by atoms with Crippen molar-refractivity contribution in [2.24, 2.45) is 11.7 Å². The third-order valence-electron chi connectivity index (χ3n) is 3.69. The van der Waals surface area contributed by atoms with E-state index in [1.807, 2.05) is 0 Å². The van der Waals surface area contributed by atoms with Crippen molar-refractivity contribution >= 4 is 0 Å². The van der Waals surface area contributed by atoms with Gasteiger partial charge in [0, 0.05) is 6.42 Å². The largest absolute Gasteiger partial charge is 0.389 e. The van der Waals surface area contributed by atoms with E-state index in [4.69, 9.17) is 10.3 Å². The van der Waals surface area contributed by atoms with Crippen LogP contribution in [0, 0.1) is 5.92 Å². The molecule has 0 atom stereocenters. The fourth-order valence-corrected chi connectivity index (χ4v) is 2.30. The van der Waals surface area contributed by atoms with Gasteiger partial charge in [-0.3, -0.25) is 0 Å². The van der Waals surface area contributed by atoms with Gasteiger partial charge in [0.1, 0.15) is 0 Å². The molecule has 2 N–H and O–H groups in total. The summed E-state index contributed by atoms with van der Waals surface area (Å²) in [7, 11) is 0. The summed E-state index contributed by atoms with van der Waals surface area (Å²) in [5.41, 5.74) is 5.55. The molecule has 0 aliphatic heterocycles. The van der Waals surface area contributed by atoms with Gasteiger partial charge in [-0.1, -0.05) is 12.1 Å². The molecule has 1 saturated carbocycles. The topological polar surface area (TPSA) is 64.9 Å². The minimum atomic E-state index is -4.21. The zero-order chi connectivity index (χ0) is 14.1. The van der Waals surface area contributed by atoms with Crippen LogP contribution in [0.1, 0.15) is 50.7 Å². The predicted octanol–water partition coefficient (Wildman–Crippen LogP) is 2.93. The molecule has 1 aliphatic rings. The Morgan fingerprint density at radius 2 is 2.00 bits per heavy atom. The molecule has 1 aliphatic carbocycles. The van der Waals surface area contributed by atoms with Crippen LogP contribution in [0.15, 0.2) is 4.52 Å². The van der Waals surface area contributed by atoms with E-state index in [0.29, 0.717) is 5.92 Å². The van der Waals surface area contributed by atoms with Crippen LogP contribution in [0.5, 0.6) is 0 Å². The van der Waals surface area contributed by atoms with Crippen LogP contribution >= 0.6 is 0 Å². The zero-order valence-corrected chi connectivity index (χ0v) is 10.8. The SMILES string of the molecule is CC1CCC(N)(c2nc(CCC(F)(F)F)no2)CC1. The van der Waals surface area contributed by atoms with E-state index in [9.17, 15) is 13.2 Å². The first-order chi connectivity index (χ1) is 8.78. The van der Waals surface area contributed by atoms with E-state index in [1.54, 1.807) is 0 Å². The maximum absolute atomic E-state index is 12.1. The summed E-state index contributed by atoms with van der Waals surface area (Å²) < 4.78 is 41.4. The Labute approximate surface area is 109 Å². The zero-order valence-electron chi connectivity index (χ0n) is 10.8. The molecule has 19 heavy (non-hydrogen) atoms. The lowest BCUT2D eigenvalue weighted by atomic mass is 9.78. The maximum atomic E-state index is 12.1. The van der Waals surface area contributed by atoms with E-state index >= 15 is 0 Å². The van der Waals surface area contributed by atoms with Crippen molar-refractivity contribution in [1.82, 2.24) is 10.1 Å². The monoisotopic (exact) mass is 277 g/mol. The molecule has 7 heteroatoms. The quantitative estimate of drug-likeness (QED) is 0.922. The number of aryl methyl sites for hydroxylation is 1. The molecule has 1 aromatic heterocycles. The Bertz CT molecular complexity index is 422. The number of rotatable bonds is 3. The Morgan fingerprint density at radius 3 is 2.58 bits per heavy atom. The Balaban J connectivity index is 2.00. The van der Waals surface area contributed by atoms with Crippen LogP contribution in [-0.4, -0.2) is 16.3 Å². The molecular formula is C12H18F3N3O. The number of hydrogen-bond donors (Lipinski definition) is 1. The summed E-state index contributed by atoms with van der Waals surface area (Å²) in [5, 5.41) is 3.59. The summed E-state index contributed by atoms with van der Waals surface area (Å²) in [4.78, 5) is 4.03. The highest BCUT2D eigenvalue weighted by Gasteiger charge is 2.37. The second-order valence-electron chi connectivity index (χ2n) is 5.47. The predicted molar refractivity (Wildman–Crippen MR) is 62.2 cm³/mol. The van der Waals surface area contributed by atoms with Crippen LogP contribution in [0.2, 0.25) is 0 Å². The summed E-state index contributed by atoms with van der Waals surface area (Å²) in [6, 6.07) is 0. The number of halogens is 3. The van der Waals surface area contributed by atoms with Crippen molar-refractivity contribution < 1.29 is 17.7 Å². The van der Waals surface area contributed by atoms with Gasteiger partial charge in [0.25, 0.3) is 0 Å². The molecule has 0 spiro atoms. The second kappa shape index (κ2) is 5.11. The normalized spacial score (nSPS) is 28.6. The Kier molecular flexibility index (Phi) is 3.85. The minimum Gasteiger partial charge on any atom is -0.337 e. The lowest BCUT2D eigenvalue weighted by Crippen LogP contribution is -2.40. The first-order valence-electron chi connectivity index (χ1n) is 6.47. The van der Waals surface area contributed by atoms with Crippen molar-refractivity contribution in [2.75, 3.05) is 0 Å². The molecule has 1 fully saturated rings. The van der Waals surface area contributed by atoms with E-state index in [1.165, 1.54) is 0 Å². The Hall–Kier alpha value is -1.11. The summed E-state index contributed by atoms with van der Waals surface area (Å²) in [5.74, 6) is 0.969. The number of nitrogens with two attached hydrogens (primary N) is 1. The average molecular weight is 277 g/mol. The van der Waals surface area contributed by atoms with Crippen LogP contribution in [0.4, 0.5) is 13.2 Å². The highest BCUT2D eigenvalue weighted by Crippen LogP contribution is 2.36.